The molecular formula is C8H8N4O. The highest BCUT2D eigenvalue weighted by atomic mass is 16.3. The number of rotatable bonds is 0. The molecule has 0 aromatic carbocycles. The van der Waals surface area contributed by atoms with Gasteiger partial charge in [-0.05, 0) is 12.8 Å². The summed E-state index contributed by atoms with van der Waals surface area (Å²) in [6.07, 6.45) is 4.34. The molecule has 0 aliphatic carbocycles. The van der Waals surface area contributed by atoms with Gasteiger partial charge in [-0.2, -0.15) is 9.50 Å². The van der Waals surface area contributed by atoms with E-state index in [1.165, 1.54) is 4.52 Å². The number of fused-ring (bicyclic) bond motifs is 2. The predicted molar refractivity (Wildman–Crippen MR) is 44.5 cm³/mol. The Balaban J connectivity index is 2.48. The van der Waals surface area contributed by atoms with Crippen molar-refractivity contribution in [3.63, 3.8) is 0 Å². The van der Waals surface area contributed by atoms with Crippen LogP contribution in [0.1, 0.15) is 17.8 Å². The highest BCUT2D eigenvalue weighted by molar-refractivity contribution is 5.36. The van der Waals surface area contributed by atoms with Gasteiger partial charge in [0.1, 0.15) is 0 Å². The predicted octanol–water partition coefficient (Wildman–Crippen LogP) is 0.319. The van der Waals surface area contributed by atoms with Crippen LogP contribution < -0.4 is 0 Å². The zero-order valence-corrected chi connectivity index (χ0v) is 6.93. The fourth-order valence-electron chi connectivity index (χ4n) is 1.62. The summed E-state index contributed by atoms with van der Waals surface area (Å²) in [5, 5.41) is 13.9. The molecule has 2 aromatic heterocycles. The molecule has 1 aliphatic heterocycles. The maximum absolute atomic E-state index is 9.72. The molecule has 3 heterocycles. The van der Waals surface area contributed by atoms with Crippen LogP contribution in [0.3, 0.4) is 0 Å². The Labute approximate surface area is 74.1 Å². The van der Waals surface area contributed by atoms with E-state index >= 15 is 0 Å². The number of hydrogen-bond acceptors (Lipinski definition) is 4. The average molecular weight is 176 g/mol. The highest BCUT2D eigenvalue weighted by Crippen LogP contribution is 2.21. The zero-order valence-electron chi connectivity index (χ0n) is 6.93. The maximum Gasteiger partial charge on any atom is 0.255 e. The van der Waals surface area contributed by atoms with E-state index in [4.69, 9.17) is 0 Å². The molecule has 0 saturated heterocycles. The Bertz CT molecular complexity index is 476. The number of hydrogen-bond donors (Lipinski definition) is 1. The van der Waals surface area contributed by atoms with Crippen LogP contribution in [0.25, 0.3) is 5.78 Å². The molecule has 0 saturated carbocycles. The summed E-state index contributed by atoms with van der Waals surface area (Å²) >= 11 is 0. The molecule has 5 nitrogen and oxygen atoms in total. The van der Waals surface area contributed by atoms with Crippen LogP contribution in [0.4, 0.5) is 0 Å². The van der Waals surface area contributed by atoms with E-state index in [0.29, 0.717) is 5.78 Å². The van der Waals surface area contributed by atoms with Crippen molar-refractivity contribution < 1.29 is 5.11 Å². The molecule has 0 atom stereocenters. The van der Waals surface area contributed by atoms with E-state index in [-0.39, 0.29) is 5.88 Å². The van der Waals surface area contributed by atoms with Crippen molar-refractivity contribution in [1.82, 2.24) is 19.6 Å². The second-order valence-electron chi connectivity index (χ2n) is 3.20. The third-order valence-corrected chi connectivity index (χ3v) is 2.30. The molecule has 0 spiro atoms. The summed E-state index contributed by atoms with van der Waals surface area (Å²) in [4.78, 5) is 8.28. The minimum absolute atomic E-state index is 0.184. The second-order valence-corrected chi connectivity index (χ2v) is 3.20. The van der Waals surface area contributed by atoms with Crippen molar-refractivity contribution in [1.29, 1.82) is 0 Å². The third-order valence-electron chi connectivity index (χ3n) is 2.30. The van der Waals surface area contributed by atoms with Crippen molar-refractivity contribution in [2.24, 2.45) is 0 Å². The van der Waals surface area contributed by atoms with E-state index < -0.39 is 0 Å². The Hall–Kier alpha value is -1.65. The van der Waals surface area contributed by atoms with Crippen molar-refractivity contribution in [3.05, 3.63) is 17.6 Å². The molecule has 0 amide bonds. The first-order valence-electron chi connectivity index (χ1n) is 4.27. The van der Waals surface area contributed by atoms with E-state index in [0.717, 1.165) is 30.7 Å². The van der Waals surface area contributed by atoms with E-state index in [1.54, 1.807) is 6.20 Å². The average Bonchev–Trinajstić information content (AvgIpc) is 2.56. The summed E-state index contributed by atoms with van der Waals surface area (Å²) in [5.41, 5.74) is 0.851. The van der Waals surface area contributed by atoms with Crippen LogP contribution in [-0.4, -0.2) is 24.7 Å². The topological polar surface area (TPSA) is 63.3 Å². The van der Waals surface area contributed by atoms with Gasteiger partial charge < -0.3 is 5.11 Å². The number of aryl methyl sites for hydroxylation is 2. The SMILES string of the molecule is Oc1c2cnc3nc(nn13)CCC2. The molecule has 66 valence electrons. The Morgan fingerprint density at radius 1 is 1.38 bits per heavy atom. The molecule has 3 rings (SSSR count). The lowest BCUT2D eigenvalue weighted by molar-refractivity contribution is 0.423. The van der Waals surface area contributed by atoms with E-state index in [2.05, 4.69) is 15.1 Å². The minimum atomic E-state index is 0.184. The molecule has 0 unspecified atom stereocenters. The van der Waals surface area contributed by atoms with Gasteiger partial charge in [0.05, 0.1) is 0 Å². The summed E-state index contributed by atoms with van der Waals surface area (Å²) in [6, 6.07) is 0. The molecule has 5 heteroatoms. The molecule has 13 heavy (non-hydrogen) atoms. The fourth-order valence-corrected chi connectivity index (χ4v) is 1.62. The van der Waals surface area contributed by atoms with Crippen LogP contribution in [0.15, 0.2) is 6.20 Å². The smallest absolute Gasteiger partial charge is 0.255 e. The van der Waals surface area contributed by atoms with Crippen LogP contribution in [0.2, 0.25) is 0 Å². The molecule has 3 bridgehead atoms. The molecule has 1 aliphatic rings. The van der Waals surface area contributed by atoms with Crippen molar-refractivity contribution in [3.8, 4) is 5.88 Å². The lowest BCUT2D eigenvalue weighted by Crippen LogP contribution is -2.01. The van der Waals surface area contributed by atoms with Crippen LogP contribution in [0, 0.1) is 0 Å². The molecule has 0 radical (unpaired) electrons. The standard InChI is InChI=1S/C8H8N4O/c13-7-5-2-1-3-6-10-8(9-4-5)12(7)11-6/h4,13H,1-3H2. The van der Waals surface area contributed by atoms with E-state index in [9.17, 15) is 5.11 Å². The summed E-state index contributed by atoms with van der Waals surface area (Å²) in [7, 11) is 0. The normalized spacial score (nSPS) is 15.1. The first-order valence-corrected chi connectivity index (χ1v) is 4.27. The van der Waals surface area contributed by atoms with Gasteiger partial charge in [0.2, 0.25) is 5.88 Å². The van der Waals surface area contributed by atoms with Gasteiger partial charge in [0.15, 0.2) is 5.82 Å². The largest absolute Gasteiger partial charge is 0.493 e. The highest BCUT2D eigenvalue weighted by Gasteiger charge is 2.15. The lowest BCUT2D eigenvalue weighted by Gasteiger charge is -2.04. The Morgan fingerprint density at radius 3 is 3.23 bits per heavy atom. The van der Waals surface area contributed by atoms with Crippen molar-refractivity contribution in [2.45, 2.75) is 19.3 Å². The second kappa shape index (κ2) is 2.18. The molecule has 0 fully saturated rings. The minimum Gasteiger partial charge on any atom is -0.493 e. The van der Waals surface area contributed by atoms with Crippen molar-refractivity contribution >= 4 is 5.78 Å². The van der Waals surface area contributed by atoms with Gasteiger partial charge >= 0.3 is 0 Å². The van der Waals surface area contributed by atoms with Gasteiger partial charge in [-0.25, -0.2) is 4.98 Å². The van der Waals surface area contributed by atoms with Crippen LogP contribution in [0.5, 0.6) is 5.88 Å². The number of nitrogens with zero attached hydrogens (tertiary/aromatic N) is 4. The van der Waals surface area contributed by atoms with Gasteiger partial charge in [-0.3, -0.25) is 0 Å². The molecular weight excluding hydrogens is 168 g/mol. The number of aromatic nitrogens is 4. The monoisotopic (exact) mass is 176 g/mol. The van der Waals surface area contributed by atoms with Crippen LogP contribution in [-0.2, 0) is 12.8 Å². The van der Waals surface area contributed by atoms with Gasteiger partial charge in [-0.1, -0.05) is 0 Å². The quantitative estimate of drug-likeness (QED) is 0.627. The van der Waals surface area contributed by atoms with Crippen LogP contribution >= 0.6 is 0 Å². The summed E-state index contributed by atoms with van der Waals surface area (Å²) in [6.45, 7) is 0. The van der Waals surface area contributed by atoms with Gasteiger partial charge in [0, 0.05) is 18.2 Å². The zero-order chi connectivity index (χ0) is 8.84. The molecule has 2 aromatic rings. The van der Waals surface area contributed by atoms with Crippen molar-refractivity contribution in [2.75, 3.05) is 0 Å². The summed E-state index contributed by atoms with van der Waals surface area (Å²) in [5.74, 6) is 1.43. The number of aromatic hydroxyl groups is 1. The van der Waals surface area contributed by atoms with Gasteiger partial charge in [0.25, 0.3) is 5.78 Å². The first-order chi connectivity index (χ1) is 6.34. The Kier molecular flexibility index (Phi) is 1.15. The Morgan fingerprint density at radius 2 is 2.31 bits per heavy atom. The first kappa shape index (κ1) is 6.82. The fraction of sp³-hybridized carbons (Fsp3) is 0.375. The maximum atomic E-state index is 9.72. The van der Waals surface area contributed by atoms with E-state index in [1.807, 2.05) is 0 Å². The van der Waals surface area contributed by atoms with Gasteiger partial charge in [-0.15, -0.1) is 5.10 Å². The third kappa shape index (κ3) is 0.838. The summed E-state index contributed by atoms with van der Waals surface area (Å²) < 4.78 is 1.41. The lowest BCUT2D eigenvalue weighted by atomic mass is 10.1. The molecule has 1 N–H and O–H groups in total.